The number of anilines is 1. The summed E-state index contributed by atoms with van der Waals surface area (Å²) in [6.07, 6.45) is 5.23. The van der Waals surface area contributed by atoms with Crippen molar-refractivity contribution in [2.45, 2.75) is 38.8 Å². The summed E-state index contributed by atoms with van der Waals surface area (Å²) in [7, 11) is 0. The van der Waals surface area contributed by atoms with E-state index in [4.69, 9.17) is 5.73 Å². The van der Waals surface area contributed by atoms with Crippen LogP contribution in [0.15, 0.2) is 30.7 Å². The molecule has 0 saturated heterocycles. The van der Waals surface area contributed by atoms with E-state index in [9.17, 15) is 9.18 Å². The van der Waals surface area contributed by atoms with Crippen LogP contribution in [-0.4, -0.2) is 26.5 Å². The zero-order valence-corrected chi connectivity index (χ0v) is 15.7. The first-order valence-corrected chi connectivity index (χ1v) is 9.17. The van der Waals surface area contributed by atoms with Crippen molar-refractivity contribution in [3.05, 3.63) is 53.2 Å². The SMILES string of the molecule is CC(C)n1cc(C#Cc2cc(C(=O)NC3CC3)ccc2F)c2c(N)ncnc21. The molecular formula is C21H20FN5O. The molecule has 1 aliphatic rings. The van der Waals surface area contributed by atoms with Gasteiger partial charge >= 0.3 is 0 Å². The number of aromatic nitrogens is 3. The molecule has 142 valence electrons. The van der Waals surface area contributed by atoms with E-state index in [1.807, 2.05) is 24.6 Å². The number of benzene rings is 1. The number of hydrogen-bond acceptors (Lipinski definition) is 4. The predicted molar refractivity (Wildman–Crippen MR) is 105 cm³/mol. The van der Waals surface area contributed by atoms with Crippen LogP contribution in [0, 0.1) is 17.7 Å². The van der Waals surface area contributed by atoms with Crippen LogP contribution in [0.4, 0.5) is 10.2 Å². The standard InChI is InChI=1S/C21H20FN5O/c1-12(2)27-10-15(18-19(23)24-11-25-20(18)27)4-3-13-9-14(5-8-17(13)22)21(28)26-16-6-7-16/h5,8-12,16H,6-7H2,1-2H3,(H,26,28)(H2,23,24,25). The Morgan fingerprint density at radius 3 is 2.75 bits per heavy atom. The molecule has 0 radical (unpaired) electrons. The molecule has 1 fully saturated rings. The number of nitrogens with two attached hydrogens (primary N) is 1. The van der Waals surface area contributed by atoms with Gasteiger partial charge in [0.2, 0.25) is 0 Å². The van der Waals surface area contributed by atoms with Crippen molar-refractivity contribution in [1.29, 1.82) is 0 Å². The van der Waals surface area contributed by atoms with Crippen molar-refractivity contribution < 1.29 is 9.18 Å². The lowest BCUT2D eigenvalue weighted by atomic mass is 10.1. The summed E-state index contributed by atoms with van der Waals surface area (Å²) in [4.78, 5) is 20.6. The Morgan fingerprint density at radius 1 is 1.29 bits per heavy atom. The first-order chi connectivity index (χ1) is 13.4. The van der Waals surface area contributed by atoms with Gasteiger partial charge in [0.15, 0.2) is 0 Å². The molecule has 3 aromatic rings. The lowest BCUT2D eigenvalue weighted by Gasteiger charge is -2.07. The fourth-order valence-electron chi connectivity index (χ4n) is 2.99. The van der Waals surface area contributed by atoms with Crippen LogP contribution in [0.3, 0.4) is 0 Å². The number of nitrogens with one attached hydrogen (secondary N) is 1. The molecule has 0 atom stereocenters. The van der Waals surface area contributed by atoms with Crippen LogP contribution in [-0.2, 0) is 0 Å². The van der Waals surface area contributed by atoms with E-state index >= 15 is 0 Å². The van der Waals surface area contributed by atoms with Crippen molar-refractivity contribution in [3.63, 3.8) is 0 Å². The first kappa shape index (κ1) is 18.0. The fourth-order valence-corrected chi connectivity index (χ4v) is 2.99. The highest BCUT2D eigenvalue weighted by Crippen LogP contribution is 2.26. The second kappa shape index (κ2) is 6.97. The number of carbonyl (C=O) groups is 1. The highest BCUT2D eigenvalue weighted by atomic mass is 19.1. The molecule has 1 aliphatic carbocycles. The zero-order chi connectivity index (χ0) is 19.8. The Balaban J connectivity index is 1.74. The van der Waals surface area contributed by atoms with Gasteiger partial charge in [-0.05, 0) is 44.9 Å². The Hall–Kier alpha value is -3.40. The van der Waals surface area contributed by atoms with Crippen LogP contribution in [0.25, 0.3) is 11.0 Å². The van der Waals surface area contributed by atoms with Gasteiger partial charge in [0.1, 0.15) is 23.6 Å². The average molecular weight is 377 g/mol. The molecule has 2 heterocycles. The van der Waals surface area contributed by atoms with Crippen LogP contribution >= 0.6 is 0 Å². The minimum atomic E-state index is -0.479. The predicted octanol–water partition coefficient (Wildman–Crippen LogP) is 3.03. The van der Waals surface area contributed by atoms with Crippen LogP contribution in [0.1, 0.15) is 54.2 Å². The van der Waals surface area contributed by atoms with Gasteiger partial charge in [0.05, 0.1) is 16.5 Å². The van der Waals surface area contributed by atoms with E-state index in [2.05, 4.69) is 27.1 Å². The molecule has 7 heteroatoms. The zero-order valence-electron chi connectivity index (χ0n) is 15.7. The van der Waals surface area contributed by atoms with E-state index in [0.717, 1.165) is 12.8 Å². The van der Waals surface area contributed by atoms with Gasteiger partial charge in [-0.15, -0.1) is 0 Å². The van der Waals surface area contributed by atoms with Gasteiger partial charge in [-0.1, -0.05) is 11.8 Å². The third-order valence-corrected chi connectivity index (χ3v) is 4.67. The van der Waals surface area contributed by atoms with Gasteiger partial charge in [-0.2, -0.15) is 0 Å². The van der Waals surface area contributed by atoms with Gasteiger partial charge in [-0.25, -0.2) is 14.4 Å². The summed E-state index contributed by atoms with van der Waals surface area (Å²) >= 11 is 0. The smallest absolute Gasteiger partial charge is 0.251 e. The molecule has 3 N–H and O–H groups in total. The molecule has 1 amide bonds. The lowest BCUT2D eigenvalue weighted by Crippen LogP contribution is -2.25. The molecule has 0 bridgehead atoms. The van der Waals surface area contributed by atoms with Gasteiger partial charge in [0.25, 0.3) is 5.91 Å². The van der Waals surface area contributed by atoms with E-state index in [-0.39, 0.29) is 23.6 Å². The van der Waals surface area contributed by atoms with Crippen molar-refractivity contribution in [3.8, 4) is 11.8 Å². The molecule has 2 aromatic heterocycles. The maximum atomic E-state index is 14.2. The Labute approximate surface area is 162 Å². The monoisotopic (exact) mass is 377 g/mol. The molecule has 6 nitrogen and oxygen atoms in total. The van der Waals surface area contributed by atoms with E-state index in [1.165, 1.54) is 24.5 Å². The highest BCUT2D eigenvalue weighted by molar-refractivity contribution is 5.95. The van der Waals surface area contributed by atoms with Gasteiger partial charge in [-0.3, -0.25) is 4.79 Å². The van der Waals surface area contributed by atoms with E-state index in [0.29, 0.717) is 28.0 Å². The van der Waals surface area contributed by atoms with Crippen LogP contribution in [0.2, 0.25) is 0 Å². The number of amides is 1. The van der Waals surface area contributed by atoms with Crippen molar-refractivity contribution >= 4 is 22.8 Å². The number of carbonyl (C=O) groups excluding carboxylic acids is 1. The summed E-state index contributed by atoms with van der Waals surface area (Å²) < 4.78 is 16.2. The summed E-state index contributed by atoms with van der Waals surface area (Å²) in [5, 5.41) is 3.54. The average Bonchev–Trinajstić information content (AvgIpc) is 3.39. The molecule has 28 heavy (non-hydrogen) atoms. The lowest BCUT2D eigenvalue weighted by molar-refractivity contribution is 0.0951. The summed E-state index contributed by atoms with van der Waals surface area (Å²) in [5.41, 5.74) is 7.88. The van der Waals surface area contributed by atoms with Crippen molar-refractivity contribution in [2.75, 3.05) is 5.73 Å². The number of nitrogens with zero attached hydrogens (tertiary/aromatic N) is 3. The minimum absolute atomic E-state index is 0.151. The second-order valence-electron chi connectivity index (χ2n) is 7.19. The third kappa shape index (κ3) is 3.41. The fraction of sp³-hybridized carbons (Fsp3) is 0.286. The van der Waals surface area contributed by atoms with E-state index < -0.39 is 5.82 Å². The molecule has 1 aromatic carbocycles. The number of nitrogen functional groups attached to an aromatic ring is 1. The second-order valence-corrected chi connectivity index (χ2v) is 7.19. The van der Waals surface area contributed by atoms with Crippen LogP contribution in [0.5, 0.6) is 0 Å². The topological polar surface area (TPSA) is 85.8 Å². The molecule has 0 unspecified atom stereocenters. The van der Waals surface area contributed by atoms with Gasteiger partial charge < -0.3 is 15.6 Å². The highest BCUT2D eigenvalue weighted by Gasteiger charge is 2.24. The normalized spacial score (nSPS) is 13.4. The largest absolute Gasteiger partial charge is 0.383 e. The quantitative estimate of drug-likeness (QED) is 0.687. The molecule has 1 saturated carbocycles. The van der Waals surface area contributed by atoms with Crippen LogP contribution < -0.4 is 11.1 Å². The molecular weight excluding hydrogens is 357 g/mol. The Morgan fingerprint density at radius 2 is 2.04 bits per heavy atom. The van der Waals surface area contributed by atoms with Crippen molar-refractivity contribution in [1.82, 2.24) is 19.9 Å². The maximum absolute atomic E-state index is 14.2. The van der Waals surface area contributed by atoms with E-state index in [1.54, 1.807) is 0 Å². The number of hydrogen-bond donors (Lipinski definition) is 2. The molecule has 4 rings (SSSR count). The maximum Gasteiger partial charge on any atom is 0.251 e. The molecule has 0 aliphatic heterocycles. The number of halogens is 1. The Bertz CT molecular complexity index is 1130. The minimum Gasteiger partial charge on any atom is -0.383 e. The summed E-state index contributed by atoms with van der Waals surface area (Å²) in [6, 6.07) is 4.59. The first-order valence-electron chi connectivity index (χ1n) is 9.17. The summed E-state index contributed by atoms with van der Waals surface area (Å²) in [5.74, 6) is 5.45. The Kier molecular flexibility index (Phi) is 4.47. The summed E-state index contributed by atoms with van der Waals surface area (Å²) in [6.45, 7) is 4.05. The van der Waals surface area contributed by atoms with Gasteiger partial charge in [0, 0.05) is 23.8 Å². The third-order valence-electron chi connectivity index (χ3n) is 4.67. The van der Waals surface area contributed by atoms with Crippen molar-refractivity contribution in [2.24, 2.45) is 0 Å². The number of fused-ring (bicyclic) bond motifs is 1. The molecule has 0 spiro atoms. The number of rotatable bonds is 3.